The lowest BCUT2D eigenvalue weighted by Gasteiger charge is -2.33. The molecule has 3 rings (SSSR count). The van der Waals surface area contributed by atoms with Gasteiger partial charge in [-0.3, -0.25) is 10.1 Å². The largest absolute Gasteiger partial charge is 0.493 e. The Morgan fingerprint density at radius 1 is 1.35 bits per heavy atom. The predicted octanol–water partition coefficient (Wildman–Crippen LogP) is 1.29. The second-order valence-corrected chi connectivity index (χ2v) is 5.24. The van der Waals surface area contributed by atoms with E-state index in [1.807, 2.05) is 13.8 Å². The standard InChI is InChI=1S/C14H16N2O4/c1-8(2)20-9-3-4-10-11(7-9)19-6-5-14(10)12(17)15-13(18)16-14/h3-4,7-8H,5-6H2,1-2H3,(H2,15,16,17,18). The third-order valence-electron chi connectivity index (χ3n) is 3.46. The van der Waals surface area contributed by atoms with Gasteiger partial charge in [0.2, 0.25) is 0 Å². The summed E-state index contributed by atoms with van der Waals surface area (Å²) in [6.07, 6.45) is 0.474. The number of ether oxygens (including phenoxy) is 2. The zero-order chi connectivity index (χ0) is 14.3. The molecule has 3 amide bonds. The van der Waals surface area contributed by atoms with Gasteiger partial charge in [0.25, 0.3) is 5.91 Å². The maximum Gasteiger partial charge on any atom is 0.322 e. The molecule has 1 saturated heterocycles. The van der Waals surface area contributed by atoms with E-state index >= 15 is 0 Å². The van der Waals surface area contributed by atoms with Crippen LogP contribution < -0.4 is 20.1 Å². The van der Waals surface area contributed by atoms with Gasteiger partial charge >= 0.3 is 6.03 Å². The number of imide groups is 1. The molecule has 0 saturated carbocycles. The Kier molecular flexibility index (Phi) is 2.81. The summed E-state index contributed by atoms with van der Waals surface area (Å²) in [5.41, 5.74) is -0.343. The van der Waals surface area contributed by atoms with Gasteiger partial charge in [-0.2, -0.15) is 0 Å². The van der Waals surface area contributed by atoms with Crippen molar-refractivity contribution in [2.24, 2.45) is 0 Å². The van der Waals surface area contributed by atoms with E-state index in [-0.39, 0.29) is 12.0 Å². The zero-order valence-electron chi connectivity index (χ0n) is 11.4. The van der Waals surface area contributed by atoms with Crippen LogP contribution in [0, 0.1) is 0 Å². The smallest absolute Gasteiger partial charge is 0.322 e. The molecule has 0 aliphatic carbocycles. The molecule has 1 fully saturated rings. The minimum Gasteiger partial charge on any atom is -0.493 e. The van der Waals surface area contributed by atoms with E-state index < -0.39 is 11.6 Å². The van der Waals surface area contributed by atoms with Crippen molar-refractivity contribution < 1.29 is 19.1 Å². The summed E-state index contributed by atoms with van der Waals surface area (Å²) in [6.45, 7) is 4.24. The van der Waals surface area contributed by atoms with Crippen LogP contribution in [0.1, 0.15) is 25.8 Å². The number of carbonyl (C=O) groups excluding carboxylic acids is 2. The molecule has 106 valence electrons. The molecule has 1 aromatic rings. The first kappa shape index (κ1) is 12.8. The van der Waals surface area contributed by atoms with Crippen molar-refractivity contribution >= 4 is 11.9 Å². The molecule has 2 aliphatic heterocycles. The number of benzene rings is 1. The monoisotopic (exact) mass is 276 g/mol. The Balaban J connectivity index is 2.02. The molecule has 1 atom stereocenters. The number of carbonyl (C=O) groups is 2. The number of amides is 3. The Hall–Kier alpha value is -2.24. The van der Waals surface area contributed by atoms with Gasteiger partial charge in [-0.05, 0) is 26.0 Å². The number of nitrogens with one attached hydrogen (secondary N) is 2. The molecule has 6 heteroatoms. The normalized spacial score (nSPS) is 24.1. The number of hydrogen-bond donors (Lipinski definition) is 2. The van der Waals surface area contributed by atoms with Crippen molar-refractivity contribution in [1.29, 1.82) is 0 Å². The van der Waals surface area contributed by atoms with Crippen LogP contribution in [-0.2, 0) is 10.3 Å². The molecule has 20 heavy (non-hydrogen) atoms. The van der Waals surface area contributed by atoms with Gasteiger partial charge in [0.1, 0.15) is 11.5 Å². The number of rotatable bonds is 2. The molecule has 6 nitrogen and oxygen atoms in total. The molecule has 2 heterocycles. The lowest BCUT2D eigenvalue weighted by atomic mass is 9.84. The number of urea groups is 1. The lowest BCUT2D eigenvalue weighted by molar-refractivity contribution is -0.125. The van der Waals surface area contributed by atoms with Crippen molar-refractivity contribution in [3.05, 3.63) is 23.8 Å². The summed E-state index contributed by atoms with van der Waals surface area (Å²) in [5.74, 6) is 0.928. The molecule has 2 N–H and O–H groups in total. The van der Waals surface area contributed by atoms with E-state index in [4.69, 9.17) is 9.47 Å². The van der Waals surface area contributed by atoms with Gasteiger partial charge in [-0.15, -0.1) is 0 Å². The summed E-state index contributed by atoms with van der Waals surface area (Å²) in [5, 5.41) is 5.00. The predicted molar refractivity (Wildman–Crippen MR) is 70.7 cm³/mol. The highest BCUT2D eigenvalue weighted by Crippen LogP contribution is 2.40. The fourth-order valence-corrected chi connectivity index (χ4v) is 2.63. The van der Waals surface area contributed by atoms with Gasteiger partial charge in [-0.1, -0.05) is 0 Å². The molecule has 1 aromatic carbocycles. The third-order valence-corrected chi connectivity index (χ3v) is 3.46. The molecule has 0 bridgehead atoms. The van der Waals surface area contributed by atoms with E-state index in [0.29, 0.717) is 30.1 Å². The molecule has 1 spiro atoms. The van der Waals surface area contributed by atoms with Gasteiger partial charge in [0.15, 0.2) is 5.54 Å². The first-order valence-corrected chi connectivity index (χ1v) is 6.59. The maximum absolute atomic E-state index is 12.1. The zero-order valence-corrected chi connectivity index (χ0v) is 11.4. The quantitative estimate of drug-likeness (QED) is 0.798. The Bertz CT molecular complexity index is 585. The summed E-state index contributed by atoms with van der Waals surface area (Å²) in [4.78, 5) is 23.5. The van der Waals surface area contributed by atoms with E-state index in [0.717, 1.165) is 0 Å². The van der Waals surface area contributed by atoms with Crippen LogP contribution in [0.15, 0.2) is 18.2 Å². The molecule has 2 aliphatic rings. The van der Waals surface area contributed by atoms with Crippen molar-refractivity contribution in [2.75, 3.05) is 6.61 Å². The maximum atomic E-state index is 12.1. The van der Waals surface area contributed by atoms with Crippen molar-refractivity contribution in [3.8, 4) is 11.5 Å². The fourth-order valence-electron chi connectivity index (χ4n) is 2.63. The van der Waals surface area contributed by atoms with Crippen LogP contribution in [0.5, 0.6) is 11.5 Å². The third kappa shape index (κ3) is 1.88. The Morgan fingerprint density at radius 2 is 2.15 bits per heavy atom. The minimum absolute atomic E-state index is 0.0556. The van der Waals surface area contributed by atoms with Crippen LogP contribution in [0.2, 0.25) is 0 Å². The second-order valence-electron chi connectivity index (χ2n) is 5.24. The average molecular weight is 276 g/mol. The molecular formula is C14H16N2O4. The molecule has 1 unspecified atom stereocenters. The Morgan fingerprint density at radius 3 is 2.80 bits per heavy atom. The van der Waals surface area contributed by atoms with Crippen LogP contribution in [-0.4, -0.2) is 24.6 Å². The van der Waals surface area contributed by atoms with Gasteiger partial charge in [-0.25, -0.2) is 4.79 Å². The topological polar surface area (TPSA) is 76.7 Å². The van der Waals surface area contributed by atoms with Gasteiger partial charge in [0.05, 0.1) is 12.7 Å². The first-order chi connectivity index (χ1) is 9.51. The van der Waals surface area contributed by atoms with Crippen LogP contribution >= 0.6 is 0 Å². The van der Waals surface area contributed by atoms with E-state index in [1.165, 1.54) is 0 Å². The second kappa shape index (κ2) is 4.40. The SMILES string of the molecule is CC(C)Oc1ccc2c(c1)OCCC21NC(=O)NC1=O. The van der Waals surface area contributed by atoms with Gasteiger partial charge < -0.3 is 14.8 Å². The van der Waals surface area contributed by atoms with Crippen molar-refractivity contribution in [1.82, 2.24) is 10.6 Å². The molecule has 0 radical (unpaired) electrons. The summed E-state index contributed by atoms with van der Waals surface area (Å²) in [6, 6.07) is 4.85. The van der Waals surface area contributed by atoms with E-state index in [9.17, 15) is 9.59 Å². The lowest BCUT2D eigenvalue weighted by Crippen LogP contribution is -2.47. The van der Waals surface area contributed by atoms with Crippen LogP contribution in [0.25, 0.3) is 0 Å². The summed E-state index contributed by atoms with van der Waals surface area (Å²) >= 11 is 0. The highest BCUT2D eigenvalue weighted by molar-refractivity contribution is 6.07. The summed E-state index contributed by atoms with van der Waals surface area (Å²) in [7, 11) is 0. The Labute approximate surface area is 116 Å². The first-order valence-electron chi connectivity index (χ1n) is 6.59. The van der Waals surface area contributed by atoms with Crippen LogP contribution in [0.4, 0.5) is 4.79 Å². The highest BCUT2D eigenvalue weighted by atomic mass is 16.5. The summed E-state index contributed by atoms with van der Waals surface area (Å²) < 4.78 is 11.2. The highest BCUT2D eigenvalue weighted by Gasteiger charge is 2.50. The molecule has 0 aromatic heterocycles. The molecular weight excluding hydrogens is 260 g/mol. The van der Waals surface area contributed by atoms with Crippen LogP contribution in [0.3, 0.4) is 0 Å². The average Bonchev–Trinajstić information content (AvgIpc) is 2.64. The van der Waals surface area contributed by atoms with E-state index in [2.05, 4.69) is 10.6 Å². The van der Waals surface area contributed by atoms with Crippen molar-refractivity contribution in [3.63, 3.8) is 0 Å². The number of hydrogen-bond acceptors (Lipinski definition) is 4. The van der Waals surface area contributed by atoms with E-state index in [1.54, 1.807) is 18.2 Å². The minimum atomic E-state index is -1.01. The fraction of sp³-hybridized carbons (Fsp3) is 0.429. The van der Waals surface area contributed by atoms with Gasteiger partial charge in [0, 0.05) is 18.1 Å². The van der Waals surface area contributed by atoms with Crippen molar-refractivity contribution in [2.45, 2.75) is 31.9 Å². The number of fused-ring (bicyclic) bond motifs is 2.